The Hall–Kier alpha value is -1.19. The number of Topliss-reactive ketones (excluding diaryl/α,β-unsaturated/α-hetero) is 1. The normalized spacial score (nSPS) is 16.0. The Kier molecular flexibility index (Phi) is 5.95. The van der Waals surface area contributed by atoms with Crippen molar-refractivity contribution in [1.29, 1.82) is 0 Å². The molecule has 0 saturated heterocycles. The molecule has 0 atom stereocenters. The lowest BCUT2D eigenvalue weighted by Gasteiger charge is -2.27. The van der Waals surface area contributed by atoms with Crippen LogP contribution in [0.1, 0.15) is 61.4 Å². The highest BCUT2D eigenvalue weighted by atomic mass is 16.3. The zero-order valence-corrected chi connectivity index (χ0v) is 13.2. The number of ketones is 1. The molecular formula is C18H27NO2. The minimum absolute atomic E-state index is 0.121. The van der Waals surface area contributed by atoms with Gasteiger partial charge >= 0.3 is 0 Å². The summed E-state index contributed by atoms with van der Waals surface area (Å²) in [7, 11) is 0. The second kappa shape index (κ2) is 7.71. The highest BCUT2D eigenvalue weighted by Crippen LogP contribution is 2.23. The SMILES string of the molecule is CC(C)c1ccc(C(=O)CN(CCO)C2CCCC2)cc1. The number of carbonyl (C=O) groups is 1. The fourth-order valence-corrected chi connectivity index (χ4v) is 3.12. The van der Waals surface area contributed by atoms with Crippen molar-refractivity contribution >= 4 is 5.78 Å². The average molecular weight is 289 g/mol. The van der Waals surface area contributed by atoms with Crippen molar-refractivity contribution in [2.24, 2.45) is 0 Å². The van der Waals surface area contributed by atoms with Crippen LogP contribution in [0, 0.1) is 0 Å². The van der Waals surface area contributed by atoms with Crippen molar-refractivity contribution in [1.82, 2.24) is 4.90 Å². The molecule has 1 N–H and O–H groups in total. The van der Waals surface area contributed by atoms with E-state index >= 15 is 0 Å². The molecule has 0 amide bonds. The van der Waals surface area contributed by atoms with Gasteiger partial charge in [-0.3, -0.25) is 9.69 Å². The van der Waals surface area contributed by atoms with E-state index in [1.807, 2.05) is 24.3 Å². The van der Waals surface area contributed by atoms with Gasteiger partial charge in [0.1, 0.15) is 0 Å². The van der Waals surface area contributed by atoms with E-state index in [4.69, 9.17) is 0 Å². The van der Waals surface area contributed by atoms with E-state index in [1.54, 1.807) is 0 Å². The van der Waals surface area contributed by atoms with Gasteiger partial charge in [0, 0.05) is 18.2 Å². The maximum Gasteiger partial charge on any atom is 0.176 e. The summed E-state index contributed by atoms with van der Waals surface area (Å²) in [5.41, 5.74) is 2.04. The fraction of sp³-hybridized carbons (Fsp3) is 0.611. The largest absolute Gasteiger partial charge is 0.395 e. The molecule has 1 fully saturated rings. The van der Waals surface area contributed by atoms with Gasteiger partial charge in [-0.2, -0.15) is 0 Å². The van der Waals surface area contributed by atoms with Gasteiger partial charge in [0.05, 0.1) is 13.2 Å². The Morgan fingerprint density at radius 1 is 1.24 bits per heavy atom. The van der Waals surface area contributed by atoms with Crippen LogP contribution in [-0.2, 0) is 0 Å². The molecule has 1 aliphatic rings. The first-order valence-electron chi connectivity index (χ1n) is 8.10. The van der Waals surface area contributed by atoms with Gasteiger partial charge in [-0.1, -0.05) is 51.0 Å². The molecule has 1 aliphatic carbocycles. The molecule has 0 unspecified atom stereocenters. The lowest BCUT2D eigenvalue weighted by Crippen LogP contribution is -2.39. The smallest absolute Gasteiger partial charge is 0.176 e. The van der Waals surface area contributed by atoms with E-state index in [2.05, 4.69) is 18.7 Å². The molecule has 1 saturated carbocycles. The lowest BCUT2D eigenvalue weighted by atomic mass is 10.0. The van der Waals surface area contributed by atoms with E-state index in [1.165, 1.54) is 18.4 Å². The number of carbonyl (C=O) groups excluding carboxylic acids is 1. The summed E-state index contributed by atoms with van der Waals surface area (Å²) in [5, 5.41) is 9.22. The Morgan fingerprint density at radius 2 is 1.86 bits per heavy atom. The first kappa shape index (κ1) is 16.2. The minimum atomic E-state index is 0.121. The number of hydrogen-bond acceptors (Lipinski definition) is 3. The number of hydrogen-bond donors (Lipinski definition) is 1. The third-order valence-corrected chi connectivity index (χ3v) is 4.47. The van der Waals surface area contributed by atoms with Gasteiger partial charge in [0.2, 0.25) is 0 Å². The van der Waals surface area contributed by atoms with Crippen LogP contribution < -0.4 is 0 Å². The molecule has 0 aliphatic heterocycles. The predicted octanol–water partition coefficient (Wildman–Crippen LogP) is 3.23. The number of aliphatic hydroxyl groups is 1. The van der Waals surface area contributed by atoms with Crippen LogP contribution in [0.2, 0.25) is 0 Å². The van der Waals surface area contributed by atoms with E-state index in [-0.39, 0.29) is 12.4 Å². The first-order chi connectivity index (χ1) is 10.1. The Balaban J connectivity index is 2.00. The molecule has 0 spiro atoms. The molecule has 3 nitrogen and oxygen atoms in total. The van der Waals surface area contributed by atoms with Crippen LogP contribution in [0.15, 0.2) is 24.3 Å². The van der Waals surface area contributed by atoms with Crippen LogP contribution in [0.4, 0.5) is 0 Å². The quantitative estimate of drug-likeness (QED) is 0.783. The second-order valence-electron chi connectivity index (χ2n) is 6.33. The van der Waals surface area contributed by atoms with Gasteiger partial charge in [-0.05, 0) is 24.3 Å². The number of nitrogens with zero attached hydrogens (tertiary/aromatic N) is 1. The highest BCUT2D eigenvalue weighted by molar-refractivity contribution is 5.97. The molecule has 0 radical (unpaired) electrons. The summed E-state index contributed by atoms with van der Waals surface area (Å²) >= 11 is 0. The molecule has 21 heavy (non-hydrogen) atoms. The molecule has 0 aromatic heterocycles. The topological polar surface area (TPSA) is 40.5 Å². The molecule has 0 heterocycles. The van der Waals surface area contributed by atoms with Crippen LogP contribution in [0.3, 0.4) is 0 Å². The maximum atomic E-state index is 12.4. The standard InChI is InChI=1S/C18H27NO2/c1-14(2)15-7-9-16(10-8-15)18(21)13-19(11-12-20)17-5-3-4-6-17/h7-10,14,17,20H,3-6,11-13H2,1-2H3. The Bertz CT molecular complexity index is 447. The fourth-order valence-electron chi connectivity index (χ4n) is 3.12. The molecule has 0 bridgehead atoms. The van der Waals surface area contributed by atoms with E-state index in [0.717, 1.165) is 18.4 Å². The zero-order valence-electron chi connectivity index (χ0n) is 13.2. The molecule has 2 rings (SSSR count). The van der Waals surface area contributed by atoms with Gasteiger partial charge in [-0.25, -0.2) is 0 Å². The summed E-state index contributed by atoms with van der Waals surface area (Å²) in [6, 6.07) is 8.43. The van der Waals surface area contributed by atoms with Crippen LogP contribution in [0.25, 0.3) is 0 Å². The number of aliphatic hydroxyl groups excluding tert-OH is 1. The maximum absolute atomic E-state index is 12.4. The second-order valence-corrected chi connectivity index (χ2v) is 6.33. The van der Waals surface area contributed by atoms with E-state index in [0.29, 0.717) is 25.0 Å². The van der Waals surface area contributed by atoms with Gasteiger partial charge in [-0.15, -0.1) is 0 Å². The Morgan fingerprint density at radius 3 is 2.38 bits per heavy atom. The summed E-state index contributed by atoms with van der Waals surface area (Å²) in [6.45, 7) is 5.45. The van der Waals surface area contributed by atoms with Crippen molar-refractivity contribution in [3.8, 4) is 0 Å². The van der Waals surface area contributed by atoms with Crippen molar-refractivity contribution in [3.05, 3.63) is 35.4 Å². The van der Waals surface area contributed by atoms with Crippen molar-refractivity contribution < 1.29 is 9.90 Å². The predicted molar refractivity (Wildman–Crippen MR) is 85.8 cm³/mol. The van der Waals surface area contributed by atoms with E-state index < -0.39 is 0 Å². The van der Waals surface area contributed by atoms with E-state index in [9.17, 15) is 9.90 Å². The van der Waals surface area contributed by atoms with Crippen molar-refractivity contribution in [3.63, 3.8) is 0 Å². The van der Waals surface area contributed by atoms with Gasteiger partial charge in [0.25, 0.3) is 0 Å². The monoisotopic (exact) mass is 289 g/mol. The summed E-state index contributed by atoms with van der Waals surface area (Å²) in [5.74, 6) is 0.643. The van der Waals surface area contributed by atoms with Gasteiger partial charge in [0.15, 0.2) is 5.78 Å². The van der Waals surface area contributed by atoms with Crippen LogP contribution >= 0.6 is 0 Å². The van der Waals surface area contributed by atoms with Gasteiger partial charge < -0.3 is 5.11 Å². The molecule has 1 aromatic carbocycles. The summed E-state index contributed by atoms with van der Waals surface area (Å²) in [6.07, 6.45) is 4.78. The summed E-state index contributed by atoms with van der Waals surface area (Å²) < 4.78 is 0. The summed E-state index contributed by atoms with van der Waals surface area (Å²) in [4.78, 5) is 14.6. The van der Waals surface area contributed by atoms with Crippen molar-refractivity contribution in [2.45, 2.75) is 51.5 Å². The lowest BCUT2D eigenvalue weighted by molar-refractivity contribution is 0.0862. The molecule has 116 valence electrons. The van der Waals surface area contributed by atoms with Crippen molar-refractivity contribution in [2.75, 3.05) is 19.7 Å². The first-order valence-corrected chi connectivity index (χ1v) is 8.10. The minimum Gasteiger partial charge on any atom is -0.395 e. The molecular weight excluding hydrogens is 262 g/mol. The van der Waals surface area contributed by atoms with Crippen LogP contribution in [-0.4, -0.2) is 41.5 Å². The highest BCUT2D eigenvalue weighted by Gasteiger charge is 2.24. The zero-order chi connectivity index (χ0) is 15.2. The number of benzene rings is 1. The number of rotatable bonds is 7. The molecule has 1 aromatic rings. The Labute approximate surface area is 128 Å². The van der Waals surface area contributed by atoms with Crippen LogP contribution in [0.5, 0.6) is 0 Å². The molecule has 3 heteroatoms. The third-order valence-electron chi connectivity index (χ3n) is 4.47. The third kappa shape index (κ3) is 4.39. The average Bonchev–Trinajstić information content (AvgIpc) is 3.01.